The third kappa shape index (κ3) is 2.98. The van der Waals surface area contributed by atoms with E-state index < -0.39 is 0 Å². The number of hydrogen-bond donors (Lipinski definition) is 2. The molecule has 1 heterocycles. The molecule has 0 saturated carbocycles. The average molecular weight is 242 g/mol. The van der Waals surface area contributed by atoms with Gasteiger partial charge in [-0.25, -0.2) is 0 Å². The largest absolute Gasteiger partial charge is 0.397 e. The first kappa shape index (κ1) is 11.9. The van der Waals surface area contributed by atoms with Crippen LogP contribution in [0.4, 0.5) is 11.4 Å². The van der Waals surface area contributed by atoms with Gasteiger partial charge in [-0.15, -0.1) is 5.10 Å². The molecule has 2 rings (SSSR count). The van der Waals surface area contributed by atoms with Gasteiger partial charge in [0.15, 0.2) is 0 Å². The molecule has 92 valence electrons. The van der Waals surface area contributed by atoms with Crippen molar-refractivity contribution in [3.05, 3.63) is 36.2 Å². The fourth-order valence-electron chi connectivity index (χ4n) is 1.61. The molecule has 6 heteroatoms. The van der Waals surface area contributed by atoms with Crippen molar-refractivity contribution in [2.45, 2.75) is 13.0 Å². The molecule has 0 radical (unpaired) electrons. The van der Waals surface area contributed by atoms with E-state index in [0.717, 1.165) is 25.2 Å². The van der Waals surface area contributed by atoms with Crippen LogP contribution in [0.15, 0.2) is 30.6 Å². The maximum absolute atomic E-state index is 8.73. The van der Waals surface area contributed by atoms with Crippen molar-refractivity contribution in [2.75, 3.05) is 17.6 Å². The van der Waals surface area contributed by atoms with E-state index in [1.165, 1.54) is 0 Å². The zero-order valence-electron chi connectivity index (χ0n) is 9.87. The van der Waals surface area contributed by atoms with E-state index in [2.05, 4.69) is 21.7 Å². The third-order valence-corrected chi connectivity index (χ3v) is 2.53. The van der Waals surface area contributed by atoms with Gasteiger partial charge in [0.25, 0.3) is 0 Å². The number of hydrogen-bond acceptors (Lipinski definition) is 5. The molecular weight excluding hydrogens is 228 g/mol. The van der Waals surface area contributed by atoms with Crippen molar-refractivity contribution >= 4 is 11.4 Å². The van der Waals surface area contributed by atoms with Crippen LogP contribution < -0.4 is 11.1 Å². The standard InChI is InChI=1S/C12H14N6/c13-9-10-2-3-12(11(14)8-10)15-4-1-6-18-7-5-16-17-18/h2-3,5,7-8,15H,1,4,6,14H2. The highest BCUT2D eigenvalue weighted by molar-refractivity contribution is 5.68. The Bertz CT molecular complexity index is 540. The van der Waals surface area contributed by atoms with Crippen molar-refractivity contribution in [3.8, 4) is 6.07 Å². The summed E-state index contributed by atoms with van der Waals surface area (Å²) in [6.07, 6.45) is 4.41. The van der Waals surface area contributed by atoms with Crippen molar-refractivity contribution in [1.82, 2.24) is 15.0 Å². The lowest BCUT2D eigenvalue weighted by molar-refractivity contribution is 0.570. The number of benzene rings is 1. The summed E-state index contributed by atoms with van der Waals surface area (Å²) in [5.74, 6) is 0. The molecule has 0 amide bonds. The van der Waals surface area contributed by atoms with Gasteiger partial charge in [0.05, 0.1) is 29.2 Å². The van der Waals surface area contributed by atoms with Crippen molar-refractivity contribution in [2.24, 2.45) is 0 Å². The van der Waals surface area contributed by atoms with Gasteiger partial charge in [0.1, 0.15) is 0 Å². The van der Waals surface area contributed by atoms with Crippen LogP contribution in [-0.4, -0.2) is 21.5 Å². The van der Waals surface area contributed by atoms with Crippen LogP contribution in [-0.2, 0) is 6.54 Å². The highest BCUT2D eigenvalue weighted by Gasteiger charge is 2.00. The maximum atomic E-state index is 8.73. The van der Waals surface area contributed by atoms with Crippen LogP contribution in [0, 0.1) is 11.3 Å². The molecule has 6 nitrogen and oxygen atoms in total. The number of rotatable bonds is 5. The Morgan fingerprint density at radius 3 is 3.00 bits per heavy atom. The van der Waals surface area contributed by atoms with Gasteiger partial charge >= 0.3 is 0 Å². The van der Waals surface area contributed by atoms with Crippen molar-refractivity contribution < 1.29 is 0 Å². The second-order valence-electron chi connectivity index (χ2n) is 3.86. The summed E-state index contributed by atoms with van der Waals surface area (Å²) in [7, 11) is 0. The van der Waals surface area contributed by atoms with E-state index in [1.54, 1.807) is 23.0 Å². The zero-order chi connectivity index (χ0) is 12.8. The van der Waals surface area contributed by atoms with Crippen LogP contribution in [0.2, 0.25) is 0 Å². The molecule has 3 N–H and O–H groups in total. The molecule has 0 unspecified atom stereocenters. The predicted octanol–water partition coefficient (Wildman–Crippen LogP) is 1.23. The highest BCUT2D eigenvalue weighted by atomic mass is 15.4. The highest BCUT2D eigenvalue weighted by Crippen LogP contribution is 2.19. The van der Waals surface area contributed by atoms with Crippen LogP contribution in [0.1, 0.15) is 12.0 Å². The number of nitrogens with one attached hydrogen (secondary N) is 1. The van der Waals surface area contributed by atoms with Gasteiger partial charge in [-0.3, -0.25) is 4.68 Å². The molecule has 0 aliphatic heterocycles. The SMILES string of the molecule is N#Cc1ccc(NCCCn2ccnn2)c(N)c1. The fraction of sp³-hybridized carbons (Fsp3) is 0.250. The minimum Gasteiger partial charge on any atom is -0.397 e. The van der Waals surface area contributed by atoms with Gasteiger partial charge in [0.2, 0.25) is 0 Å². The maximum Gasteiger partial charge on any atom is 0.0992 e. The topological polar surface area (TPSA) is 92.5 Å². The number of nitrogens with zero attached hydrogens (tertiary/aromatic N) is 4. The number of nitrogen functional groups attached to an aromatic ring is 1. The minimum absolute atomic E-state index is 0.570. The van der Waals surface area contributed by atoms with Crippen LogP contribution in [0.3, 0.4) is 0 Å². The summed E-state index contributed by atoms with van der Waals surface area (Å²) in [4.78, 5) is 0. The number of aryl methyl sites for hydroxylation is 1. The Kier molecular flexibility index (Phi) is 3.76. The summed E-state index contributed by atoms with van der Waals surface area (Å²) in [6.45, 7) is 1.60. The van der Waals surface area contributed by atoms with Gasteiger partial charge in [0, 0.05) is 19.3 Å². The Morgan fingerprint density at radius 2 is 2.33 bits per heavy atom. The van der Waals surface area contributed by atoms with Gasteiger partial charge in [-0.1, -0.05) is 5.21 Å². The lowest BCUT2D eigenvalue weighted by Crippen LogP contribution is -2.08. The van der Waals surface area contributed by atoms with Crippen molar-refractivity contribution in [3.63, 3.8) is 0 Å². The molecule has 1 aromatic carbocycles. The minimum atomic E-state index is 0.570. The van der Waals surface area contributed by atoms with Gasteiger partial charge in [-0.2, -0.15) is 5.26 Å². The summed E-state index contributed by atoms with van der Waals surface area (Å²) >= 11 is 0. The monoisotopic (exact) mass is 242 g/mol. The van der Waals surface area contributed by atoms with E-state index in [1.807, 2.05) is 12.3 Å². The first-order valence-corrected chi connectivity index (χ1v) is 5.67. The smallest absolute Gasteiger partial charge is 0.0992 e. The zero-order valence-corrected chi connectivity index (χ0v) is 9.87. The summed E-state index contributed by atoms with van der Waals surface area (Å²) in [5, 5.41) is 19.6. The van der Waals surface area contributed by atoms with Crippen LogP contribution in [0.5, 0.6) is 0 Å². The number of aromatic nitrogens is 3. The Hall–Kier alpha value is -2.55. The number of nitriles is 1. The van der Waals surface area contributed by atoms with E-state index in [9.17, 15) is 0 Å². The molecule has 0 spiro atoms. The molecular formula is C12H14N6. The Labute approximate surface area is 105 Å². The van der Waals surface area contributed by atoms with E-state index in [-0.39, 0.29) is 0 Å². The normalized spacial score (nSPS) is 9.94. The lowest BCUT2D eigenvalue weighted by atomic mass is 10.2. The summed E-state index contributed by atoms with van der Waals surface area (Å²) in [6, 6.07) is 7.29. The second kappa shape index (κ2) is 5.68. The van der Waals surface area contributed by atoms with Crippen LogP contribution >= 0.6 is 0 Å². The summed E-state index contributed by atoms with van der Waals surface area (Å²) < 4.78 is 1.78. The summed E-state index contributed by atoms with van der Waals surface area (Å²) in [5.41, 5.74) is 7.85. The first-order chi connectivity index (χ1) is 8.79. The van der Waals surface area contributed by atoms with Crippen LogP contribution in [0.25, 0.3) is 0 Å². The molecule has 0 atom stereocenters. The second-order valence-corrected chi connectivity index (χ2v) is 3.86. The Balaban J connectivity index is 1.82. The lowest BCUT2D eigenvalue weighted by Gasteiger charge is -2.09. The van der Waals surface area contributed by atoms with Gasteiger partial charge < -0.3 is 11.1 Å². The number of anilines is 2. The molecule has 18 heavy (non-hydrogen) atoms. The van der Waals surface area contributed by atoms with E-state index >= 15 is 0 Å². The molecule has 0 bridgehead atoms. The van der Waals surface area contributed by atoms with Crippen molar-refractivity contribution in [1.29, 1.82) is 5.26 Å². The fourth-order valence-corrected chi connectivity index (χ4v) is 1.61. The quantitative estimate of drug-likeness (QED) is 0.607. The average Bonchev–Trinajstić information content (AvgIpc) is 2.89. The molecule has 0 aliphatic rings. The molecule has 2 aromatic rings. The number of nitrogens with two attached hydrogens (primary N) is 1. The molecule has 0 fully saturated rings. The molecule has 0 aliphatic carbocycles. The first-order valence-electron chi connectivity index (χ1n) is 5.67. The molecule has 0 saturated heterocycles. The predicted molar refractivity (Wildman–Crippen MR) is 68.7 cm³/mol. The van der Waals surface area contributed by atoms with E-state index in [4.69, 9.17) is 11.0 Å². The molecule has 1 aromatic heterocycles. The van der Waals surface area contributed by atoms with E-state index in [0.29, 0.717) is 11.3 Å². The Morgan fingerprint density at radius 1 is 1.44 bits per heavy atom. The van der Waals surface area contributed by atoms with Gasteiger partial charge in [-0.05, 0) is 24.6 Å². The third-order valence-electron chi connectivity index (χ3n) is 2.53.